The van der Waals surface area contributed by atoms with E-state index in [0.717, 1.165) is 17.5 Å². The summed E-state index contributed by atoms with van der Waals surface area (Å²) in [6.07, 6.45) is -0.0262. The van der Waals surface area contributed by atoms with Crippen LogP contribution in [0, 0.1) is 11.3 Å². The van der Waals surface area contributed by atoms with E-state index >= 15 is 0 Å². The second-order valence-electron chi connectivity index (χ2n) is 8.52. The molecular weight excluding hydrogens is 364 g/mol. The molecule has 0 radical (unpaired) electrons. The minimum absolute atomic E-state index is 0.156. The van der Waals surface area contributed by atoms with Gasteiger partial charge in [-0.2, -0.15) is 5.10 Å². The van der Waals surface area contributed by atoms with E-state index in [1.54, 1.807) is 6.07 Å². The zero-order valence-corrected chi connectivity index (χ0v) is 16.5. The van der Waals surface area contributed by atoms with E-state index in [-0.39, 0.29) is 22.8 Å². The fourth-order valence-corrected chi connectivity index (χ4v) is 5.42. The second kappa shape index (κ2) is 6.11. The maximum Gasteiger partial charge on any atom is 0.282 e. The average molecular weight is 389 g/mol. The minimum atomic E-state index is -2.84. The molecule has 2 aliphatic rings. The fourth-order valence-electron chi connectivity index (χ4n) is 5.42. The topological polar surface area (TPSA) is 67.2 Å². The molecule has 2 N–H and O–H groups in total. The van der Waals surface area contributed by atoms with Crippen molar-refractivity contribution in [3.05, 3.63) is 46.8 Å². The molecule has 2 aliphatic carbocycles. The summed E-state index contributed by atoms with van der Waals surface area (Å²) in [5.74, 6) is -0.196. The van der Waals surface area contributed by atoms with Gasteiger partial charge in [0.05, 0.1) is 11.2 Å². The van der Waals surface area contributed by atoms with Gasteiger partial charge >= 0.3 is 0 Å². The predicted octanol–water partition coefficient (Wildman–Crippen LogP) is 4.35. The number of aryl methyl sites for hydroxylation is 1. The number of amides is 1. The van der Waals surface area contributed by atoms with Crippen molar-refractivity contribution in [2.24, 2.45) is 18.4 Å². The first kappa shape index (κ1) is 19.1. The molecule has 1 aromatic heterocycles. The number of carbonyl (C=O) groups excluding carboxylic acids is 1. The summed E-state index contributed by atoms with van der Waals surface area (Å²) < 4.78 is 27.7. The number of hydrogen-bond donors (Lipinski definition) is 2. The summed E-state index contributed by atoms with van der Waals surface area (Å²) in [6, 6.07) is 5.58. The van der Waals surface area contributed by atoms with E-state index in [0.29, 0.717) is 12.1 Å². The van der Waals surface area contributed by atoms with E-state index in [2.05, 4.69) is 31.2 Å². The Labute approximate surface area is 162 Å². The van der Waals surface area contributed by atoms with Gasteiger partial charge in [0.15, 0.2) is 0 Å². The Hall–Kier alpha value is -2.28. The molecule has 3 atom stereocenters. The van der Waals surface area contributed by atoms with Gasteiger partial charge < -0.3 is 10.4 Å². The van der Waals surface area contributed by atoms with Crippen LogP contribution in [-0.4, -0.2) is 20.8 Å². The third kappa shape index (κ3) is 2.32. The molecule has 4 rings (SSSR count). The molecular formula is C21H25F2N3O2. The highest BCUT2D eigenvalue weighted by Gasteiger charge is 2.65. The monoisotopic (exact) mass is 389 g/mol. The van der Waals surface area contributed by atoms with Gasteiger partial charge in [0.25, 0.3) is 12.3 Å². The van der Waals surface area contributed by atoms with E-state index in [1.807, 2.05) is 12.1 Å². The number of nitrogens with zero attached hydrogens (tertiary/aromatic N) is 2. The van der Waals surface area contributed by atoms with Crippen molar-refractivity contribution < 1.29 is 18.7 Å². The molecule has 28 heavy (non-hydrogen) atoms. The molecule has 1 heterocycles. The number of nitrogens with one attached hydrogen (secondary N) is 1. The third-order valence-electron chi connectivity index (χ3n) is 7.05. The van der Waals surface area contributed by atoms with Gasteiger partial charge in [-0.05, 0) is 36.3 Å². The summed E-state index contributed by atoms with van der Waals surface area (Å²) in [5, 5.41) is 18.2. The summed E-state index contributed by atoms with van der Waals surface area (Å²) >= 11 is 0. The standard InChI is InChI=1S/C21H25F2N3O2/c1-11(2)20(3)14-8-9-21(20,28)16-12(14)6-5-7-15(16)24-19(27)13-10-26(4)25-17(13)18(22)23/h5-7,10-11,14,18,28H,8-9H2,1-4H3,(H,24,27). The van der Waals surface area contributed by atoms with Gasteiger partial charge in [-0.1, -0.05) is 32.9 Å². The molecule has 1 saturated carbocycles. The Bertz CT molecular complexity index is 955. The van der Waals surface area contributed by atoms with Crippen molar-refractivity contribution >= 4 is 11.6 Å². The highest BCUT2D eigenvalue weighted by Crippen LogP contribution is 2.70. The summed E-state index contributed by atoms with van der Waals surface area (Å²) in [5.41, 5.74) is 0.186. The Morgan fingerprint density at radius 3 is 2.75 bits per heavy atom. The number of carbonyl (C=O) groups is 1. The predicted molar refractivity (Wildman–Crippen MR) is 101 cm³/mol. The van der Waals surface area contributed by atoms with Crippen molar-refractivity contribution in [2.45, 2.75) is 51.6 Å². The fraction of sp³-hybridized carbons (Fsp3) is 0.524. The van der Waals surface area contributed by atoms with Gasteiger partial charge in [-0.15, -0.1) is 0 Å². The van der Waals surface area contributed by atoms with Crippen LogP contribution < -0.4 is 5.32 Å². The Morgan fingerprint density at radius 2 is 2.11 bits per heavy atom. The molecule has 0 spiro atoms. The average Bonchev–Trinajstić information content (AvgIpc) is 3.21. The third-order valence-corrected chi connectivity index (χ3v) is 7.05. The number of alkyl halides is 2. The summed E-state index contributed by atoms with van der Waals surface area (Å²) in [4.78, 5) is 12.8. The van der Waals surface area contributed by atoms with Crippen LogP contribution in [0.2, 0.25) is 0 Å². The smallest absolute Gasteiger partial charge is 0.282 e. The van der Waals surface area contributed by atoms with Gasteiger partial charge in [0, 0.05) is 29.9 Å². The lowest BCUT2D eigenvalue weighted by atomic mass is 9.67. The zero-order chi connectivity index (χ0) is 20.4. The molecule has 1 fully saturated rings. The number of hydrogen-bond acceptors (Lipinski definition) is 3. The maximum atomic E-state index is 13.2. The molecule has 5 nitrogen and oxygen atoms in total. The molecule has 1 amide bonds. The van der Waals surface area contributed by atoms with Gasteiger partial charge in [-0.25, -0.2) is 8.78 Å². The van der Waals surface area contributed by atoms with Crippen LogP contribution in [0.15, 0.2) is 24.4 Å². The summed E-state index contributed by atoms with van der Waals surface area (Å²) in [7, 11) is 1.50. The van der Waals surface area contributed by atoms with Crippen LogP contribution in [0.3, 0.4) is 0 Å². The van der Waals surface area contributed by atoms with E-state index in [1.165, 1.54) is 17.9 Å². The van der Waals surface area contributed by atoms with Crippen molar-refractivity contribution in [1.82, 2.24) is 9.78 Å². The molecule has 0 aliphatic heterocycles. The van der Waals surface area contributed by atoms with Gasteiger partial charge in [-0.3, -0.25) is 9.48 Å². The normalized spacial score (nSPS) is 28.2. The first-order valence-electron chi connectivity index (χ1n) is 9.60. The maximum absolute atomic E-state index is 13.2. The van der Waals surface area contributed by atoms with Crippen LogP contribution in [0.4, 0.5) is 14.5 Å². The number of aliphatic hydroxyl groups is 1. The molecule has 2 bridgehead atoms. The highest BCUT2D eigenvalue weighted by atomic mass is 19.3. The molecule has 7 heteroatoms. The molecule has 150 valence electrons. The largest absolute Gasteiger partial charge is 0.384 e. The number of halogens is 2. The number of anilines is 1. The van der Waals surface area contributed by atoms with Crippen LogP contribution in [0.25, 0.3) is 0 Å². The molecule has 0 saturated heterocycles. The molecule has 2 aromatic rings. The van der Waals surface area contributed by atoms with Crippen molar-refractivity contribution in [1.29, 1.82) is 0 Å². The van der Waals surface area contributed by atoms with Crippen molar-refractivity contribution in [3.63, 3.8) is 0 Å². The number of rotatable bonds is 4. The quantitative estimate of drug-likeness (QED) is 0.817. The first-order valence-corrected chi connectivity index (χ1v) is 9.60. The van der Waals surface area contributed by atoms with E-state index in [9.17, 15) is 18.7 Å². The van der Waals surface area contributed by atoms with E-state index in [4.69, 9.17) is 0 Å². The van der Waals surface area contributed by atoms with Crippen molar-refractivity contribution in [3.8, 4) is 0 Å². The Kier molecular flexibility index (Phi) is 4.16. The van der Waals surface area contributed by atoms with Crippen LogP contribution in [0.5, 0.6) is 0 Å². The SMILES string of the molecule is CC(C)C1(C)C2CCC1(O)c1c(NC(=O)c3cn(C)nc3C(F)F)cccc12. The lowest BCUT2D eigenvalue weighted by molar-refractivity contribution is -0.0751. The van der Waals surface area contributed by atoms with Gasteiger partial charge in [0.1, 0.15) is 5.69 Å². The lowest BCUT2D eigenvalue weighted by Crippen LogP contribution is -2.41. The van der Waals surface area contributed by atoms with Crippen LogP contribution >= 0.6 is 0 Å². The second-order valence-corrected chi connectivity index (χ2v) is 8.52. The van der Waals surface area contributed by atoms with E-state index < -0.39 is 23.6 Å². The molecule has 3 unspecified atom stereocenters. The number of fused-ring (bicyclic) bond motifs is 5. The zero-order valence-electron chi connectivity index (χ0n) is 16.5. The molecule has 1 aromatic carbocycles. The first-order chi connectivity index (χ1) is 13.1. The van der Waals surface area contributed by atoms with Crippen LogP contribution in [0.1, 0.15) is 73.1 Å². The van der Waals surface area contributed by atoms with Crippen molar-refractivity contribution in [2.75, 3.05) is 5.32 Å². The summed E-state index contributed by atoms with van der Waals surface area (Å²) in [6.45, 7) is 6.33. The van der Waals surface area contributed by atoms with Gasteiger partial charge in [0.2, 0.25) is 0 Å². The highest BCUT2D eigenvalue weighted by molar-refractivity contribution is 6.05. The minimum Gasteiger partial charge on any atom is -0.384 e. The lowest BCUT2D eigenvalue weighted by Gasteiger charge is -2.41. The number of aromatic nitrogens is 2. The number of benzene rings is 1. The Morgan fingerprint density at radius 1 is 1.39 bits per heavy atom. The Balaban J connectivity index is 1.76. The van der Waals surface area contributed by atoms with Crippen LogP contribution in [-0.2, 0) is 12.6 Å².